The molecule has 0 bridgehead atoms. The summed E-state index contributed by atoms with van der Waals surface area (Å²) < 4.78 is 58.7. The second kappa shape index (κ2) is 14.3. The predicted molar refractivity (Wildman–Crippen MR) is 134 cm³/mol. The molecule has 1 aliphatic rings. The number of halogens is 4. The van der Waals surface area contributed by atoms with E-state index in [0.717, 1.165) is 12.8 Å². The molecular weight excluding hydrogens is 535 g/mol. The average molecular weight is 564 g/mol. The van der Waals surface area contributed by atoms with Gasteiger partial charge in [0.25, 0.3) is 5.91 Å². The van der Waals surface area contributed by atoms with Gasteiger partial charge < -0.3 is 15.3 Å². The van der Waals surface area contributed by atoms with Gasteiger partial charge in [0, 0.05) is 49.9 Å². The van der Waals surface area contributed by atoms with E-state index < -0.39 is 22.2 Å². The molecule has 204 valence electrons. The maximum Gasteiger partial charge on any atom is 0.490 e. The number of carboxylic acid groups (broad SMARTS) is 1. The van der Waals surface area contributed by atoms with Crippen LogP contribution in [0.3, 0.4) is 0 Å². The molecule has 1 heterocycles. The van der Waals surface area contributed by atoms with E-state index in [1.54, 1.807) is 29.2 Å². The zero-order chi connectivity index (χ0) is 27.5. The van der Waals surface area contributed by atoms with Crippen molar-refractivity contribution >= 4 is 33.5 Å². The summed E-state index contributed by atoms with van der Waals surface area (Å²) in [5, 5.41) is 10.8. The Labute approximate surface area is 219 Å². The molecule has 1 aliphatic heterocycles. The summed E-state index contributed by atoms with van der Waals surface area (Å²) in [6.07, 6.45) is -3.51. The first-order chi connectivity index (χ1) is 17.4. The van der Waals surface area contributed by atoms with Crippen LogP contribution in [0.2, 0.25) is 5.02 Å². The number of piperazine rings is 1. The number of carboxylic acids is 1. The Morgan fingerprint density at radius 3 is 2.22 bits per heavy atom. The SMILES string of the molecule is O=C(O)C(F)(F)F.O=C(c1cccc(Cl)c1)N(CCCc1ccccc1)CCS(=O)(=O)N1CCNCC1. The Hall–Kier alpha value is -2.67. The Balaban J connectivity index is 0.000000604. The van der Waals surface area contributed by atoms with Crippen molar-refractivity contribution in [2.75, 3.05) is 45.0 Å². The third kappa shape index (κ3) is 10.7. The van der Waals surface area contributed by atoms with Crippen molar-refractivity contribution in [3.8, 4) is 0 Å². The zero-order valence-electron chi connectivity index (χ0n) is 20.0. The maximum absolute atomic E-state index is 13.1. The fraction of sp³-hybridized carbons (Fsp3) is 0.417. The third-order valence-electron chi connectivity index (χ3n) is 5.43. The number of hydrogen-bond donors (Lipinski definition) is 2. The van der Waals surface area contributed by atoms with Crippen LogP contribution in [0.4, 0.5) is 13.2 Å². The van der Waals surface area contributed by atoms with Crippen LogP contribution in [-0.2, 0) is 21.2 Å². The van der Waals surface area contributed by atoms with Crippen molar-refractivity contribution in [1.82, 2.24) is 14.5 Å². The Bertz CT molecular complexity index is 1130. The number of alkyl halides is 3. The van der Waals surface area contributed by atoms with Crippen LogP contribution in [0.5, 0.6) is 0 Å². The quantitative estimate of drug-likeness (QED) is 0.485. The van der Waals surface area contributed by atoms with Gasteiger partial charge in [0.1, 0.15) is 0 Å². The van der Waals surface area contributed by atoms with Crippen molar-refractivity contribution in [3.63, 3.8) is 0 Å². The van der Waals surface area contributed by atoms with Crippen LogP contribution in [0.25, 0.3) is 0 Å². The number of nitrogens with zero attached hydrogens (tertiary/aromatic N) is 2. The van der Waals surface area contributed by atoms with Gasteiger partial charge in [-0.25, -0.2) is 13.2 Å². The van der Waals surface area contributed by atoms with Gasteiger partial charge in [0.05, 0.1) is 5.75 Å². The molecule has 0 radical (unpaired) electrons. The topological polar surface area (TPSA) is 107 Å². The molecule has 2 aromatic rings. The number of rotatable bonds is 9. The van der Waals surface area contributed by atoms with Crippen LogP contribution in [0, 0.1) is 0 Å². The number of aryl methyl sites for hydroxylation is 1. The van der Waals surface area contributed by atoms with Crippen LogP contribution < -0.4 is 5.32 Å². The Morgan fingerprint density at radius 1 is 1.03 bits per heavy atom. The lowest BCUT2D eigenvalue weighted by atomic mass is 10.1. The standard InChI is InChI=1S/C22H28ClN3O3S.C2HF3O2/c23-21-10-4-9-20(18-21)22(27)25(13-5-8-19-6-2-1-3-7-19)16-17-30(28,29)26-14-11-24-12-15-26;3-2(4,5)1(6)7/h1-4,6-7,9-10,18,24H,5,8,11-17H2;(H,6,7). The molecule has 13 heteroatoms. The number of carbonyl (C=O) groups excluding carboxylic acids is 1. The number of carbonyl (C=O) groups is 2. The first-order valence-corrected chi connectivity index (χ1v) is 13.5. The van der Waals surface area contributed by atoms with Crippen LogP contribution in [0.1, 0.15) is 22.3 Å². The summed E-state index contributed by atoms with van der Waals surface area (Å²) in [4.78, 5) is 23.6. The first kappa shape index (κ1) is 30.6. The second-order valence-corrected chi connectivity index (χ2v) is 10.7. The van der Waals surface area contributed by atoms with E-state index >= 15 is 0 Å². The van der Waals surface area contributed by atoms with E-state index in [1.165, 1.54) is 9.87 Å². The molecule has 2 aromatic carbocycles. The highest BCUT2D eigenvalue weighted by atomic mass is 35.5. The molecule has 2 N–H and O–H groups in total. The lowest BCUT2D eigenvalue weighted by molar-refractivity contribution is -0.192. The van der Waals surface area contributed by atoms with Gasteiger partial charge in [0.15, 0.2) is 0 Å². The summed E-state index contributed by atoms with van der Waals surface area (Å²) in [6.45, 7) is 2.89. The van der Waals surface area contributed by atoms with Crippen LogP contribution in [-0.4, -0.2) is 85.8 Å². The summed E-state index contributed by atoms with van der Waals surface area (Å²) in [6, 6.07) is 16.8. The fourth-order valence-electron chi connectivity index (χ4n) is 3.51. The summed E-state index contributed by atoms with van der Waals surface area (Å²) in [5.41, 5.74) is 1.67. The van der Waals surface area contributed by atoms with Gasteiger partial charge in [-0.1, -0.05) is 48.0 Å². The van der Waals surface area contributed by atoms with E-state index in [4.69, 9.17) is 21.5 Å². The van der Waals surface area contributed by atoms with Crippen molar-refractivity contribution < 1.29 is 36.3 Å². The number of amides is 1. The lowest BCUT2D eigenvalue weighted by Crippen LogP contribution is -2.48. The fourth-order valence-corrected chi connectivity index (χ4v) is 5.15. The minimum Gasteiger partial charge on any atom is -0.475 e. The first-order valence-electron chi connectivity index (χ1n) is 11.5. The normalized spacial score (nSPS) is 14.4. The van der Waals surface area contributed by atoms with Gasteiger partial charge in [0.2, 0.25) is 10.0 Å². The molecule has 1 amide bonds. The summed E-state index contributed by atoms with van der Waals surface area (Å²) >= 11 is 6.05. The van der Waals surface area contributed by atoms with Crippen LogP contribution in [0.15, 0.2) is 54.6 Å². The zero-order valence-corrected chi connectivity index (χ0v) is 21.5. The van der Waals surface area contributed by atoms with Gasteiger partial charge >= 0.3 is 12.1 Å². The number of sulfonamides is 1. The number of benzene rings is 2. The minimum atomic E-state index is -5.08. The number of hydrogen-bond acceptors (Lipinski definition) is 5. The highest BCUT2D eigenvalue weighted by Crippen LogP contribution is 2.15. The molecule has 0 saturated carbocycles. The van der Waals surface area contributed by atoms with Gasteiger partial charge in [-0.05, 0) is 36.6 Å². The van der Waals surface area contributed by atoms with Crippen molar-refractivity contribution in [3.05, 3.63) is 70.7 Å². The van der Waals surface area contributed by atoms with Crippen molar-refractivity contribution in [2.45, 2.75) is 19.0 Å². The molecular formula is C24H29ClF3N3O5S. The van der Waals surface area contributed by atoms with Gasteiger partial charge in [-0.3, -0.25) is 4.79 Å². The van der Waals surface area contributed by atoms with E-state index in [0.29, 0.717) is 43.3 Å². The van der Waals surface area contributed by atoms with E-state index in [-0.39, 0.29) is 18.2 Å². The molecule has 0 aliphatic carbocycles. The summed E-state index contributed by atoms with van der Waals surface area (Å²) in [5.74, 6) is -3.03. The molecule has 0 aromatic heterocycles. The van der Waals surface area contributed by atoms with E-state index in [1.807, 2.05) is 18.2 Å². The molecule has 37 heavy (non-hydrogen) atoms. The largest absolute Gasteiger partial charge is 0.490 e. The van der Waals surface area contributed by atoms with E-state index in [2.05, 4.69) is 17.4 Å². The van der Waals surface area contributed by atoms with E-state index in [9.17, 15) is 26.4 Å². The van der Waals surface area contributed by atoms with Crippen LogP contribution >= 0.6 is 11.6 Å². The monoisotopic (exact) mass is 563 g/mol. The highest BCUT2D eigenvalue weighted by Gasteiger charge is 2.38. The third-order valence-corrected chi connectivity index (χ3v) is 7.51. The highest BCUT2D eigenvalue weighted by molar-refractivity contribution is 7.89. The Morgan fingerprint density at radius 2 is 1.65 bits per heavy atom. The smallest absolute Gasteiger partial charge is 0.475 e. The summed E-state index contributed by atoms with van der Waals surface area (Å²) in [7, 11) is -3.41. The predicted octanol–water partition coefficient (Wildman–Crippen LogP) is 3.28. The second-order valence-electron chi connectivity index (χ2n) is 8.16. The number of aliphatic carboxylic acids is 1. The van der Waals surface area contributed by atoms with Crippen molar-refractivity contribution in [2.24, 2.45) is 0 Å². The van der Waals surface area contributed by atoms with Gasteiger partial charge in [-0.15, -0.1) is 0 Å². The molecule has 0 atom stereocenters. The number of nitrogens with one attached hydrogen (secondary N) is 1. The van der Waals surface area contributed by atoms with Gasteiger partial charge in [-0.2, -0.15) is 17.5 Å². The molecule has 1 saturated heterocycles. The maximum atomic E-state index is 13.1. The Kier molecular flexibility index (Phi) is 11.8. The molecule has 3 rings (SSSR count). The molecule has 0 spiro atoms. The lowest BCUT2D eigenvalue weighted by Gasteiger charge is -2.28. The molecule has 1 fully saturated rings. The molecule has 8 nitrogen and oxygen atoms in total. The minimum absolute atomic E-state index is 0.0787. The average Bonchev–Trinajstić information content (AvgIpc) is 2.86. The van der Waals surface area contributed by atoms with Crippen molar-refractivity contribution in [1.29, 1.82) is 0 Å². The molecule has 0 unspecified atom stereocenters.